The fourth-order valence-corrected chi connectivity index (χ4v) is 1.76. The third-order valence-corrected chi connectivity index (χ3v) is 2.89. The maximum atomic E-state index is 11.7. The molecular weight excluding hydrogens is 240 g/mol. The van der Waals surface area contributed by atoms with Crippen molar-refractivity contribution in [3.05, 3.63) is 50.9 Å². The first-order chi connectivity index (χ1) is 8.11. The first-order valence-corrected chi connectivity index (χ1v) is 5.56. The number of hydrogen-bond donors (Lipinski definition) is 1. The van der Waals surface area contributed by atoms with E-state index < -0.39 is 0 Å². The van der Waals surface area contributed by atoms with Gasteiger partial charge < -0.3 is 4.74 Å². The topological polar surface area (TPSA) is 47.0 Å². The maximum Gasteiger partial charge on any atom is 0.271 e. The van der Waals surface area contributed by atoms with E-state index in [4.69, 9.17) is 16.3 Å². The van der Waals surface area contributed by atoms with Gasteiger partial charge in [-0.3, -0.25) is 9.89 Å². The quantitative estimate of drug-likeness (QED) is 0.911. The highest BCUT2D eigenvalue weighted by Crippen LogP contribution is 2.18. The Morgan fingerprint density at radius 3 is 2.82 bits per heavy atom. The summed E-state index contributed by atoms with van der Waals surface area (Å²) >= 11 is 6.03. The number of nitrogens with one attached hydrogen (secondary N) is 1. The van der Waals surface area contributed by atoms with Gasteiger partial charge in [0, 0.05) is 18.2 Å². The Morgan fingerprint density at radius 1 is 1.41 bits per heavy atom. The lowest BCUT2D eigenvalue weighted by atomic mass is 10.2. The first kappa shape index (κ1) is 12.0. The lowest BCUT2D eigenvalue weighted by Crippen LogP contribution is -2.13. The molecule has 0 saturated carbocycles. The minimum absolute atomic E-state index is 0.128. The van der Waals surface area contributed by atoms with Gasteiger partial charge in [-0.15, -0.1) is 0 Å². The Labute approximate surface area is 104 Å². The minimum Gasteiger partial charge on any atom is -0.378 e. The molecule has 1 aromatic heterocycles. The standard InChI is InChI=1S/C12H13ClN2O2/c1-8-3-4-10(6-11(8)13)15-12(16)5-9(14-15)7-17-2/h3-6,14H,7H2,1-2H3. The van der Waals surface area contributed by atoms with E-state index >= 15 is 0 Å². The van der Waals surface area contributed by atoms with Crippen molar-refractivity contribution < 1.29 is 4.74 Å². The van der Waals surface area contributed by atoms with Gasteiger partial charge in [-0.1, -0.05) is 17.7 Å². The number of aryl methyl sites for hydroxylation is 1. The molecule has 0 amide bonds. The van der Waals surface area contributed by atoms with E-state index in [9.17, 15) is 4.79 Å². The SMILES string of the molecule is COCc1cc(=O)n(-c2ccc(C)c(Cl)c2)[nH]1. The van der Waals surface area contributed by atoms with Crippen molar-refractivity contribution in [3.8, 4) is 5.69 Å². The van der Waals surface area contributed by atoms with Crippen LogP contribution in [0.15, 0.2) is 29.1 Å². The fourth-order valence-electron chi connectivity index (χ4n) is 1.59. The van der Waals surface area contributed by atoms with Crippen molar-refractivity contribution in [3.63, 3.8) is 0 Å². The summed E-state index contributed by atoms with van der Waals surface area (Å²) in [6, 6.07) is 6.99. The van der Waals surface area contributed by atoms with Crippen LogP contribution in [0.25, 0.3) is 5.69 Å². The molecule has 1 heterocycles. The summed E-state index contributed by atoms with van der Waals surface area (Å²) in [7, 11) is 1.58. The minimum atomic E-state index is -0.128. The number of H-pyrrole nitrogens is 1. The average molecular weight is 253 g/mol. The molecule has 0 bridgehead atoms. The second-order valence-electron chi connectivity index (χ2n) is 3.82. The Morgan fingerprint density at radius 2 is 2.18 bits per heavy atom. The lowest BCUT2D eigenvalue weighted by Gasteiger charge is -2.04. The van der Waals surface area contributed by atoms with Crippen molar-refractivity contribution in [1.29, 1.82) is 0 Å². The summed E-state index contributed by atoms with van der Waals surface area (Å²) in [5.74, 6) is 0. The molecule has 0 spiro atoms. The molecular formula is C12H13ClN2O2. The molecule has 0 aliphatic rings. The summed E-state index contributed by atoms with van der Waals surface area (Å²) in [5.41, 5.74) is 2.30. The number of methoxy groups -OCH3 is 1. The van der Waals surface area contributed by atoms with Crippen LogP contribution >= 0.6 is 11.6 Å². The van der Waals surface area contributed by atoms with Crippen LogP contribution in [-0.4, -0.2) is 16.9 Å². The van der Waals surface area contributed by atoms with E-state index in [1.54, 1.807) is 13.2 Å². The third-order valence-electron chi connectivity index (χ3n) is 2.49. The van der Waals surface area contributed by atoms with Crippen molar-refractivity contribution in [1.82, 2.24) is 9.78 Å². The molecule has 1 aromatic carbocycles. The zero-order chi connectivity index (χ0) is 12.4. The van der Waals surface area contributed by atoms with Crippen molar-refractivity contribution >= 4 is 11.6 Å². The molecule has 17 heavy (non-hydrogen) atoms. The van der Waals surface area contributed by atoms with E-state index in [-0.39, 0.29) is 5.56 Å². The molecule has 0 atom stereocenters. The number of rotatable bonds is 3. The molecule has 90 valence electrons. The van der Waals surface area contributed by atoms with Crippen LogP contribution < -0.4 is 5.56 Å². The highest BCUT2D eigenvalue weighted by Gasteiger charge is 2.06. The van der Waals surface area contributed by atoms with Gasteiger partial charge in [-0.05, 0) is 24.6 Å². The molecule has 0 aliphatic carbocycles. The molecule has 1 N–H and O–H groups in total. The normalized spacial score (nSPS) is 10.8. The van der Waals surface area contributed by atoms with E-state index in [1.165, 1.54) is 10.7 Å². The van der Waals surface area contributed by atoms with Gasteiger partial charge in [0.15, 0.2) is 0 Å². The molecule has 0 saturated heterocycles. The second-order valence-corrected chi connectivity index (χ2v) is 4.23. The molecule has 0 fully saturated rings. The first-order valence-electron chi connectivity index (χ1n) is 5.18. The monoisotopic (exact) mass is 252 g/mol. The number of halogens is 1. The number of nitrogens with zero attached hydrogens (tertiary/aromatic N) is 1. The van der Waals surface area contributed by atoms with E-state index in [0.29, 0.717) is 17.3 Å². The van der Waals surface area contributed by atoms with Crippen molar-refractivity contribution in [2.24, 2.45) is 0 Å². The molecule has 0 unspecified atom stereocenters. The van der Waals surface area contributed by atoms with Crippen molar-refractivity contribution in [2.45, 2.75) is 13.5 Å². The van der Waals surface area contributed by atoms with Crippen molar-refractivity contribution in [2.75, 3.05) is 7.11 Å². The number of hydrogen-bond acceptors (Lipinski definition) is 2. The van der Waals surface area contributed by atoms with Gasteiger partial charge in [0.25, 0.3) is 5.56 Å². The van der Waals surface area contributed by atoms with E-state index in [1.807, 2.05) is 19.1 Å². The van der Waals surface area contributed by atoms with Crippen LogP contribution in [0.3, 0.4) is 0 Å². The summed E-state index contributed by atoms with van der Waals surface area (Å²) < 4.78 is 6.41. The fraction of sp³-hybridized carbons (Fsp3) is 0.250. The predicted molar refractivity (Wildman–Crippen MR) is 66.8 cm³/mol. The van der Waals surface area contributed by atoms with Gasteiger partial charge in [-0.25, -0.2) is 4.68 Å². The second kappa shape index (κ2) is 4.77. The Bertz CT molecular complexity index is 586. The zero-order valence-electron chi connectivity index (χ0n) is 9.66. The zero-order valence-corrected chi connectivity index (χ0v) is 10.4. The highest BCUT2D eigenvalue weighted by atomic mass is 35.5. The summed E-state index contributed by atoms with van der Waals surface area (Å²) in [4.78, 5) is 11.7. The lowest BCUT2D eigenvalue weighted by molar-refractivity contribution is 0.181. The average Bonchev–Trinajstić information content (AvgIpc) is 2.64. The largest absolute Gasteiger partial charge is 0.378 e. The van der Waals surface area contributed by atoms with Crippen LogP contribution in [0.4, 0.5) is 0 Å². The molecule has 0 radical (unpaired) electrons. The van der Waals surface area contributed by atoms with Crippen LogP contribution in [0, 0.1) is 6.92 Å². The molecule has 5 heteroatoms. The smallest absolute Gasteiger partial charge is 0.271 e. The van der Waals surface area contributed by atoms with Crippen LogP contribution in [0.1, 0.15) is 11.3 Å². The number of aromatic nitrogens is 2. The van der Waals surface area contributed by atoms with Crippen LogP contribution in [0.2, 0.25) is 5.02 Å². The Hall–Kier alpha value is -1.52. The van der Waals surface area contributed by atoms with Gasteiger partial charge in [0.2, 0.25) is 0 Å². The summed E-state index contributed by atoms with van der Waals surface area (Å²) in [5, 5.41) is 3.60. The van der Waals surface area contributed by atoms with Crippen LogP contribution in [-0.2, 0) is 11.3 Å². The highest BCUT2D eigenvalue weighted by molar-refractivity contribution is 6.31. The number of ether oxygens (including phenoxy) is 1. The predicted octanol–water partition coefficient (Wildman–Crippen LogP) is 2.27. The van der Waals surface area contributed by atoms with Crippen LogP contribution in [0.5, 0.6) is 0 Å². The van der Waals surface area contributed by atoms with Gasteiger partial charge >= 0.3 is 0 Å². The van der Waals surface area contributed by atoms with Gasteiger partial charge in [-0.2, -0.15) is 0 Å². The number of benzene rings is 1. The van der Waals surface area contributed by atoms with E-state index in [0.717, 1.165) is 11.3 Å². The molecule has 2 aromatic rings. The Balaban J connectivity index is 2.45. The number of aromatic amines is 1. The molecule has 0 aliphatic heterocycles. The third kappa shape index (κ3) is 2.43. The Kier molecular flexibility index (Phi) is 3.36. The molecule has 2 rings (SSSR count). The summed E-state index contributed by atoms with van der Waals surface area (Å²) in [6.45, 7) is 2.29. The maximum absolute atomic E-state index is 11.7. The molecule has 4 nitrogen and oxygen atoms in total. The van der Waals surface area contributed by atoms with E-state index in [2.05, 4.69) is 5.10 Å². The van der Waals surface area contributed by atoms with Gasteiger partial charge in [0.1, 0.15) is 0 Å². The van der Waals surface area contributed by atoms with Gasteiger partial charge in [0.05, 0.1) is 18.0 Å². The summed E-state index contributed by atoms with van der Waals surface area (Å²) in [6.07, 6.45) is 0.